The Morgan fingerprint density at radius 3 is 3.04 bits per heavy atom. The van der Waals surface area contributed by atoms with Crippen LogP contribution in [0.5, 0.6) is 0 Å². The van der Waals surface area contributed by atoms with Crippen LogP contribution in [0, 0.1) is 12.7 Å². The van der Waals surface area contributed by atoms with E-state index in [1.165, 1.54) is 18.3 Å². The highest BCUT2D eigenvalue weighted by Crippen LogP contribution is 2.20. The van der Waals surface area contributed by atoms with E-state index in [1.807, 2.05) is 0 Å². The van der Waals surface area contributed by atoms with Crippen LogP contribution in [0.2, 0.25) is 0 Å². The summed E-state index contributed by atoms with van der Waals surface area (Å²) in [6.45, 7) is 3.02. The number of aryl methyl sites for hydroxylation is 1. The zero-order valence-corrected chi connectivity index (χ0v) is 13.5. The van der Waals surface area contributed by atoms with Crippen LogP contribution in [-0.2, 0) is 21.3 Å². The van der Waals surface area contributed by atoms with E-state index in [2.05, 4.69) is 9.82 Å². The minimum Gasteiger partial charge on any atom is -0.376 e. The summed E-state index contributed by atoms with van der Waals surface area (Å²) in [5.74, 6) is -0.783. The van der Waals surface area contributed by atoms with Crippen molar-refractivity contribution in [2.24, 2.45) is 0 Å². The van der Waals surface area contributed by atoms with Gasteiger partial charge in [0.25, 0.3) is 10.0 Å². The molecule has 1 aliphatic rings. The van der Waals surface area contributed by atoms with Crippen molar-refractivity contribution in [3.8, 4) is 0 Å². The van der Waals surface area contributed by atoms with Crippen LogP contribution in [0.3, 0.4) is 0 Å². The molecule has 1 aliphatic heterocycles. The molecule has 0 radical (unpaired) electrons. The third kappa shape index (κ3) is 3.70. The van der Waals surface area contributed by atoms with Gasteiger partial charge in [-0.25, -0.2) is 12.8 Å². The van der Waals surface area contributed by atoms with Crippen molar-refractivity contribution in [3.05, 3.63) is 42.0 Å². The van der Waals surface area contributed by atoms with E-state index in [1.54, 1.807) is 17.8 Å². The number of hydrogen-bond donors (Lipinski definition) is 1. The van der Waals surface area contributed by atoms with Crippen LogP contribution < -0.4 is 4.72 Å². The zero-order chi connectivity index (χ0) is 16.4. The van der Waals surface area contributed by atoms with Gasteiger partial charge in [0.05, 0.1) is 24.5 Å². The second kappa shape index (κ2) is 6.29. The number of anilines is 1. The molecule has 1 aromatic heterocycles. The highest BCUT2D eigenvalue weighted by atomic mass is 32.2. The summed E-state index contributed by atoms with van der Waals surface area (Å²) in [5.41, 5.74) is 0.963. The Hall–Kier alpha value is -1.93. The predicted molar refractivity (Wildman–Crippen MR) is 83.1 cm³/mol. The van der Waals surface area contributed by atoms with Crippen molar-refractivity contribution in [1.82, 2.24) is 9.78 Å². The number of nitrogens with one attached hydrogen (secondary N) is 1. The molecule has 0 amide bonds. The fourth-order valence-electron chi connectivity index (χ4n) is 2.54. The van der Waals surface area contributed by atoms with Gasteiger partial charge in [-0.1, -0.05) is 6.07 Å². The molecule has 0 saturated carbocycles. The minimum absolute atomic E-state index is 0.105. The number of rotatable bonds is 5. The number of ether oxygens (including phenoxy) is 1. The molecule has 0 spiro atoms. The first-order chi connectivity index (χ1) is 10.9. The molecule has 8 heteroatoms. The van der Waals surface area contributed by atoms with Gasteiger partial charge in [0, 0.05) is 12.8 Å². The predicted octanol–water partition coefficient (Wildman–Crippen LogP) is 2.31. The molecule has 1 unspecified atom stereocenters. The minimum atomic E-state index is -3.99. The fraction of sp³-hybridized carbons (Fsp3) is 0.400. The van der Waals surface area contributed by atoms with Gasteiger partial charge in [-0.3, -0.25) is 9.40 Å². The van der Waals surface area contributed by atoms with Crippen molar-refractivity contribution in [3.63, 3.8) is 0 Å². The van der Waals surface area contributed by atoms with Crippen molar-refractivity contribution < 1.29 is 17.5 Å². The Balaban J connectivity index is 1.75. The molecule has 2 heterocycles. The zero-order valence-electron chi connectivity index (χ0n) is 12.7. The molecule has 1 fully saturated rings. The highest BCUT2D eigenvalue weighted by Gasteiger charge is 2.21. The van der Waals surface area contributed by atoms with Gasteiger partial charge in [-0.2, -0.15) is 5.10 Å². The molecular formula is C15H18FN3O3S. The van der Waals surface area contributed by atoms with Gasteiger partial charge in [0.1, 0.15) is 10.7 Å². The van der Waals surface area contributed by atoms with Gasteiger partial charge < -0.3 is 4.74 Å². The Kier molecular flexibility index (Phi) is 4.36. The SMILES string of the molecule is Cc1ccc(F)c(S(=O)(=O)Nc2cnn(CC3CCCO3)c2)c1. The lowest BCUT2D eigenvalue weighted by Gasteiger charge is -2.09. The molecule has 124 valence electrons. The third-order valence-corrected chi connectivity index (χ3v) is 5.07. The van der Waals surface area contributed by atoms with E-state index in [4.69, 9.17) is 4.74 Å². The maximum absolute atomic E-state index is 13.8. The lowest BCUT2D eigenvalue weighted by molar-refractivity contribution is 0.0940. The van der Waals surface area contributed by atoms with E-state index < -0.39 is 15.8 Å². The monoisotopic (exact) mass is 339 g/mol. The van der Waals surface area contributed by atoms with Crippen LogP contribution in [0.1, 0.15) is 18.4 Å². The summed E-state index contributed by atoms with van der Waals surface area (Å²) in [6.07, 6.45) is 5.08. The van der Waals surface area contributed by atoms with Gasteiger partial charge in [0.15, 0.2) is 0 Å². The Bertz CT molecular complexity index is 798. The van der Waals surface area contributed by atoms with Crippen LogP contribution >= 0.6 is 0 Å². The summed E-state index contributed by atoms with van der Waals surface area (Å²) in [7, 11) is -3.99. The number of halogens is 1. The van der Waals surface area contributed by atoms with Gasteiger partial charge in [0.2, 0.25) is 0 Å². The first-order valence-corrected chi connectivity index (χ1v) is 8.85. The molecule has 2 aromatic rings. The van der Waals surface area contributed by atoms with Crippen molar-refractivity contribution >= 4 is 15.7 Å². The molecule has 1 N–H and O–H groups in total. The van der Waals surface area contributed by atoms with Crippen LogP contribution in [-0.4, -0.2) is 30.9 Å². The van der Waals surface area contributed by atoms with E-state index in [9.17, 15) is 12.8 Å². The topological polar surface area (TPSA) is 73.2 Å². The van der Waals surface area contributed by atoms with Crippen LogP contribution in [0.15, 0.2) is 35.5 Å². The fourth-order valence-corrected chi connectivity index (χ4v) is 3.73. The second-order valence-electron chi connectivity index (χ2n) is 5.63. The number of sulfonamides is 1. The van der Waals surface area contributed by atoms with Crippen LogP contribution in [0.4, 0.5) is 10.1 Å². The summed E-state index contributed by atoms with van der Waals surface area (Å²) in [6, 6.07) is 3.97. The molecule has 3 rings (SSSR count). The lowest BCUT2D eigenvalue weighted by atomic mass is 10.2. The summed E-state index contributed by atoms with van der Waals surface area (Å²) >= 11 is 0. The van der Waals surface area contributed by atoms with Crippen molar-refractivity contribution in [2.45, 2.75) is 37.3 Å². The quantitative estimate of drug-likeness (QED) is 0.907. The Labute approximate surface area is 134 Å². The first kappa shape index (κ1) is 15.9. The van der Waals surface area contributed by atoms with Crippen molar-refractivity contribution in [1.29, 1.82) is 0 Å². The molecule has 1 aromatic carbocycles. The second-order valence-corrected chi connectivity index (χ2v) is 7.28. The summed E-state index contributed by atoms with van der Waals surface area (Å²) in [4.78, 5) is -0.371. The number of benzene rings is 1. The maximum Gasteiger partial charge on any atom is 0.264 e. The molecule has 0 aliphatic carbocycles. The molecule has 1 atom stereocenters. The smallest absolute Gasteiger partial charge is 0.264 e. The normalized spacial score (nSPS) is 18.3. The van der Waals surface area contributed by atoms with Gasteiger partial charge in [-0.15, -0.1) is 0 Å². The molecular weight excluding hydrogens is 321 g/mol. The average molecular weight is 339 g/mol. The van der Waals surface area contributed by atoms with E-state index in [0.29, 0.717) is 17.8 Å². The average Bonchev–Trinajstić information content (AvgIpc) is 3.14. The standard InChI is InChI=1S/C15H18FN3O3S/c1-11-4-5-14(16)15(7-11)23(20,21)18-12-8-17-19(9-12)10-13-3-2-6-22-13/h4-5,7-9,13,18H,2-3,6,10H2,1H3. The first-order valence-electron chi connectivity index (χ1n) is 7.37. The molecule has 0 bridgehead atoms. The largest absolute Gasteiger partial charge is 0.376 e. The van der Waals surface area contributed by atoms with Crippen molar-refractivity contribution in [2.75, 3.05) is 11.3 Å². The number of hydrogen-bond acceptors (Lipinski definition) is 4. The Morgan fingerprint density at radius 2 is 2.30 bits per heavy atom. The van der Waals surface area contributed by atoms with Crippen LogP contribution in [0.25, 0.3) is 0 Å². The Morgan fingerprint density at radius 1 is 1.48 bits per heavy atom. The third-order valence-electron chi connectivity index (χ3n) is 3.68. The maximum atomic E-state index is 13.8. The molecule has 1 saturated heterocycles. The van der Waals surface area contributed by atoms with E-state index >= 15 is 0 Å². The summed E-state index contributed by atoms with van der Waals surface area (Å²) in [5, 5.41) is 4.11. The van der Waals surface area contributed by atoms with Gasteiger partial charge in [-0.05, 0) is 37.5 Å². The van der Waals surface area contributed by atoms with E-state index in [0.717, 1.165) is 25.5 Å². The molecule has 6 nitrogen and oxygen atoms in total. The number of aromatic nitrogens is 2. The van der Waals surface area contributed by atoms with E-state index in [-0.39, 0.29) is 11.0 Å². The van der Waals surface area contributed by atoms with Gasteiger partial charge >= 0.3 is 0 Å². The summed E-state index contributed by atoms with van der Waals surface area (Å²) < 4.78 is 47.9. The number of nitrogens with zero attached hydrogens (tertiary/aromatic N) is 2. The molecule has 23 heavy (non-hydrogen) atoms. The lowest BCUT2D eigenvalue weighted by Crippen LogP contribution is -2.16. The highest BCUT2D eigenvalue weighted by molar-refractivity contribution is 7.92.